The van der Waals surface area contributed by atoms with Crippen molar-refractivity contribution in [1.29, 1.82) is 0 Å². The molecular weight excluding hydrogens is 286 g/mol. The molecule has 2 nitrogen and oxygen atoms in total. The number of rotatable bonds is 4. The summed E-state index contributed by atoms with van der Waals surface area (Å²) in [5.74, 6) is 0.844. The lowest BCUT2D eigenvalue weighted by atomic mass is 10.3. The first-order chi connectivity index (χ1) is 7.79. The first-order valence-corrected chi connectivity index (χ1v) is 6.56. The first kappa shape index (κ1) is 11.5. The van der Waals surface area contributed by atoms with Gasteiger partial charge in [-0.15, -0.1) is 11.3 Å². The molecule has 0 aliphatic rings. The van der Waals surface area contributed by atoms with E-state index in [4.69, 9.17) is 4.74 Å². The lowest BCUT2D eigenvalue weighted by Gasteiger charge is -2.08. The van der Waals surface area contributed by atoms with Gasteiger partial charge in [0.1, 0.15) is 5.75 Å². The molecule has 0 fully saturated rings. The highest BCUT2D eigenvalue weighted by molar-refractivity contribution is 9.10. The molecule has 0 unspecified atom stereocenters. The minimum Gasteiger partial charge on any atom is -0.495 e. The van der Waals surface area contributed by atoms with Crippen LogP contribution in [0.3, 0.4) is 0 Å². The van der Waals surface area contributed by atoms with Crippen molar-refractivity contribution in [1.82, 2.24) is 0 Å². The number of ether oxygens (including phenoxy) is 1. The third-order valence-electron chi connectivity index (χ3n) is 2.20. The molecule has 0 amide bonds. The Labute approximate surface area is 107 Å². The van der Waals surface area contributed by atoms with Crippen molar-refractivity contribution >= 4 is 33.0 Å². The third kappa shape index (κ3) is 2.77. The number of methoxy groups -OCH3 is 1. The largest absolute Gasteiger partial charge is 0.495 e. The molecule has 2 rings (SSSR count). The molecule has 2 aromatic rings. The van der Waals surface area contributed by atoms with Gasteiger partial charge in [-0.3, -0.25) is 0 Å². The van der Waals surface area contributed by atoms with Crippen LogP contribution >= 0.6 is 27.3 Å². The second-order valence-corrected chi connectivity index (χ2v) is 5.17. The number of nitrogens with one attached hydrogen (secondary N) is 1. The molecule has 0 atom stereocenters. The van der Waals surface area contributed by atoms with Crippen LogP contribution in [0.2, 0.25) is 0 Å². The minimum absolute atomic E-state index is 0.844. The summed E-state index contributed by atoms with van der Waals surface area (Å²) in [4.78, 5) is 1.32. The van der Waals surface area contributed by atoms with Crippen LogP contribution in [-0.4, -0.2) is 7.11 Å². The third-order valence-corrected chi connectivity index (χ3v) is 3.73. The highest BCUT2D eigenvalue weighted by Crippen LogP contribution is 2.28. The number of anilines is 1. The van der Waals surface area contributed by atoms with Crippen LogP contribution in [0.15, 0.2) is 40.2 Å². The van der Waals surface area contributed by atoms with Gasteiger partial charge < -0.3 is 10.1 Å². The zero-order valence-electron chi connectivity index (χ0n) is 8.87. The normalized spacial score (nSPS) is 10.1. The first-order valence-electron chi connectivity index (χ1n) is 4.89. The summed E-state index contributed by atoms with van der Waals surface area (Å²) in [6.45, 7) is 0.850. The minimum atomic E-state index is 0.844. The maximum Gasteiger partial charge on any atom is 0.135 e. The summed E-state index contributed by atoms with van der Waals surface area (Å²) in [6.07, 6.45) is 0. The van der Waals surface area contributed by atoms with Crippen LogP contribution in [0, 0.1) is 0 Å². The summed E-state index contributed by atoms with van der Waals surface area (Å²) < 4.78 is 6.21. The van der Waals surface area contributed by atoms with E-state index in [2.05, 4.69) is 38.8 Å². The second-order valence-electron chi connectivity index (χ2n) is 3.28. The van der Waals surface area contributed by atoms with Gasteiger partial charge in [0.05, 0.1) is 11.6 Å². The van der Waals surface area contributed by atoms with Gasteiger partial charge in [-0.1, -0.05) is 6.07 Å². The van der Waals surface area contributed by atoms with E-state index < -0.39 is 0 Å². The van der Waals surface area contributed by atoms with Crippen molar-refractivity contribution in [2.75, 3.05) is 12.4 Å². The number of hydrogen-bond donors (Lipinski definition) is 1. The molecule has 4 heteroatoms. The van der Waals surface area contributed by atoms with Crippen molar-refractivity contribution in [2.45, 2.75) is 6.54 Å². The van der Waals surface area contributed by atoms with E-state index in [0.29, 0.717) is 0 Å². The number of hydrogen-bond acceptors (Lipinski definition) is 3. The van der Waals surface area contributed by atoms with Crippen molar-refractivity contribution in [3.05, 3.63) is 45.1 Å². The van der Waals surface area contributed by atoms with Crippen LogP contribution < -0.4 is 10.1 Å². The van der Waals surface area contributed by atoms with Crippen LogP contribution in [0.1, 0.15) is 4.88 Å². The highest BCUT2D eigenvalue weighted by Gasteiger charge is 2.01. The maximum atomic E-state index is 5.24. The van der Waals surface area contributed by atoms with Gasteiger partial charge in [0.25, 0.3) is 0 Å². The fourth-order valence-corrected chi connectivity index (χ4v) is 2.43. The standard InChI is InChI=1S/C12H12BrNOS/c1-15-12-7-9(4-5-11(12)13)14-8-10-3-2-6-16-10/h2-7,14H,8H2,1H3. The molecule has 0 saturated heterocycles. The molecule has 16 heavy (non-hydrogen) atoms. The van der Waals surface area contributed by atoms with E-state index in [1.165, 1.54) is 4.88 Å². The SMILES string of the molecule is COc1cc(NCc2cccs2)ccc1Br. The molecule has 1 aromatic carbocycles. The molecule has 0 aliphatic heterocycles. The number of thiophene rings is 1. The van der Waals surface area contributed by atoms with E-state index in [-0.39, 0.29) is 0 Å². The predicted octanol–water partition coefficient (Wildman–Crippen LogP) is 4.13. The Morgan fingerprint density at radius 3 is 2.94 bits per heavy atom. The monoisotopic (exact) mass is 297 g/mol. The van der Waals surface area contributed by atoms with Crippen LogP contribution in [0.4, 0.5) is 5.69 Å². The Bertz CT molecular complexity index is 456. The lowest BCUT2D eigenvalue weighted by Crippen LogP contribution is -1.97. The van der Waals surface area contributed by atoms with E-state index in [1.807, 2.05) is 18.2 Å². The molecular formula is C12H12BrNOS. The summed E-state index contributed by atoms with van der Waals surface area (Å²) in [5, 5.41) is 5.44. The van der Waals surface area contributed by atoms with Crippen LogP contribution in [0.25, 0.3) is 0 Å². The fraction of sp³-hybridized carbons (Fsp3) is 0.167. The molecule has 0 spiro atoms. The average Bonchev–Trinajstić information content (AvgIpc) is 2.81. The van der Waals surface area contributed by atoms with Gasteiger partial charge in [0, 0.05) is 23.2 Å². The van der Waals surface area contributed by atoms with Crippen molar-refractivity contribution in [2.24, 2.45) is 0 Å². The predicted molar refractivity (Wildman–Crippen MR) is 72.3 cm³/mol. The highest BCUT2D eigenvalue weighted by atomic mass is 79.9. The van der Waals surface area contributed by atoms with Gasteiger partial charge in [-0.05, 0) is 39.5 Å². The Morgan fingerprint density at radius 2 is 2.25 bits per heavy atom. The maximum absolute atomic E-state index is 5.24. The summed E-state index contributed by atoms with van der Waals surface area (Å²) in [6, 6.07) is 10.2. The van der Waals surface area contributed by atoms with E-state index in [9.17, 15) is 0 Å². The summed E-state index contributed by atoms with van der Waals surface area (Å²) in [7, 11) is 1.67. The number of benzene rings is 1. The second kappa shape index (κ2) is 5.37. The van der Waals surface area contributed by atoms with Gasteiger partial charge in [0.15, 0.2) is 0 Å². The topological polar surface area (TPSA) is 21.3 Å². The molecule has 0 saturated carbocycles. The molecule has 84 valence electrons. The molecule has 0 radical (unpaired) electrons. The Balaban J connectivity index is 2.04. The zero-order valence-corrected chi connectivity index (χ0v) is 11.3. The molecule has 1 N–H and O–H groups in total. The van der Waals surface area contributed by atoms with Crippen LogP contribution in [0.5, 0.6) is 5.75 Å². The van der Waals surface area contributed by atoms with E-state index in [1.54, 1.807) is 18.4 Å². The van der Waals surface area contributed by atoms with Crippen molar-refractivity contribution < 1.29 is 4.74 Å². The van der Waals surface area contributed by atoms with Crippen molar-refractivity contribution in [3.63, 3.8) is 0 Å². The molecule has 1 aromatic heterocycles. The molecule has 0 aliphatic carbocycles. The lowest BCUT2D eigenvalue weighted by molar-refractivity contribution is 0.412. The average molecular weight is 298 g/mol. The smallest absolute Gasteiger partial charge is 0.135 e. The Morgan fingerprint density at radius 1 is 1.38 bits per heavy atom. The summed E-state index contributed by atoms with van der Waals surface area (Å²) >= 11 is 5.18. The number of halogens is 1. The Kier molecular flexibility index (Phi) is 3.85. The molecule has 1 heterocycles. The van der Waals surface area contributed by atoms with Gasteiger partial charge in [-0.25, -0.2) is 0 Å². The Hall–Kier alpha value is -1.00. The van der Waals surface area contributed by atoms with E-state index >= 15 is 0 Å². The van der Waals surface area contributed by atoms with E-state index in [0.717, 1.165) is 22.5 Å². The fourth-order valence-electron chi connectivity index (χ4n) is 1.37. The molecule has 0 bridgehead atoms. The zero-order chi connectivity index (χ0) is 11.4. The van der Waals surface area contributed by atoms with Gasteiger partial charge in [0.2, 0.25) is 0 Å². The van der Waals surface area contributed by atoms with Gasteiger partial charge >= 0.3 is 0 Å². The summed E-state index contributed by atoms with van der Waals surface area (Å²) in [5.41, 5.74) is 1.06. The van der Waals surface area contributed by atoms with Gasteiger partial charge in [-0.2, -0.15) is 0 Å². The quantitative estimate of drug-likeness (QED) is 0.916. The van der Waals surface area contributed by atoms with Crippen LogP contribution in [-0.2, 0) is 6.54 Å². The van der Waals surface area contributed by atoms with Crippen molar-refractivity contribution in [3.8, 4) is 5.75 Å².